The second-order valence-electron chi connectivity index (χ2n) is 4.62. The number of nitrogens with two attached hydrogens (primary N) is 1. The van der Waals surface area contributed by atoms with E-state index in [0.717, 1.165) is 5.56 Å². The van der Waals surface area contributed by atoms with Crippen molar-refractivity contribution in [1.29, 1.82) is 0 Å². The minimum atomic E-state index is -0.520. The van der Waals surface area contributed by atoms with Gasteiger partial charge < -0.3 is 11.1 Å². The molecule has 0 radical (unpaired) electrons. The molecule has 1 rings (SSSR count). The molecule has 1 aromatic carbocycles. The van der Waals surface area contributed by atoms with Gasteiger partial charge >= 0.3 is 0 Å². The minimum Gasteiger partial charge on any atom is -0.352 e. The van der Waals surface area contributed by atoms with Crippen molar-refractivity contribution < 1.29 is 9.18 Å². The topological polar surface area (TPSA) is 55.1 Å². The lowest BCUT2D eigenvalue weighted by atomic mass is 9.81. The molecule has 0 saturated heterocycles. The van der Waals surface area contributed by atoms with Gasteiger partial charge in [0.25, 0.3) is 0 Å². The Kier molecular flexibility index (Phi) is 5.94. The Hall–Kier alpha value is -0.940. The number of benzene rings is 1. The second-order valence-corrected chi connectivity index (χ2v) is 5.48. The fourth-order valence-corrected chi connectivity index (χ4v) is 2.22. The summed E-state index contributed by atoms with van der Waals surface area (Å²) in [6.45, 7) is 4.54. The van der Waals surface area contributed by atoms with Gasteiger partial charge in [-0.15, -0.1) is 0 Å². The molecule has 1 aromatic rings. The van der Waals surface area contributed by atoms with Crippen molar-refractivity contribution in [3.63, 3.8) is 0 Å². The van der Waals surface area contributed by atoms with Crippen LogP contribution in [0.4, 0.5) is 4.39 Å². The van der Waals surface area contributed by atoms with Crippen LogP contribution in [0.5, 0.6) is 0 Å². The molecule has 0 bridgehead atoms. The Bertz CT molecular complexity index is 439. The first-order valence-corrected chi connectivity index (χ1v) is 7.20. The fourth-order valence-electron chi connectivity index (χ4n) is 1.97. The summed E-state index contributed by atoms with van der Waals surface area (Å²) in [7, 11) is 0. The highest BCUT2D eigenvalue weighted by Crippen LogP contribution is 2.25. The fraction of sp³-hybridized carbons (Fsp3) is 0.500. The van der Waals surface area contributed by atoms with Gasteiger partial charge in [-0.1, -0.05) is 19.9 Å². The molecular weight excluding hydrogens is 311 g/mol. The van der Waals surface area contributed by atoms with E-state index in [-0.39, 0.29) is 11.7 Å². The van der Waals surface area contributed by atoms with Gasteiger partial charge in [-0.05, 0) is 46.5 Å². The van der Waals surface area contributed by atoms with Crippen LogP contribution < -0.4 is 11.1 Å². The van der Waals surface area contributed by atoms with Crippen molar-refractivity contribution in [2.24, 2.45) is 11.1 Å². The van der Waals surface area contributed by atoms with E-state index >= 15 is 0 Å². The third-order valence-electron chi connectivity index (χ3n) is 3.66. The molecule has 0 saturated carbocycles. The largest absolute Gasteiger partial charge is 0.352 e. The van der Waals surface area contributed by atoms with Gasteiger partial charge in [0, 0.05) is 13.1 Å². The van der Waals surface area contributed by atoms with Gasteiger partial charge in [0.05, 0.1) is 9.89 Å². The van der Waals surface area contributed by atoms with E-state index in [4.69, 9.17) is 5.73 Å². The van der Waals surface area contributed by atoms with Crippen LogP contribution in [0.3, 0.4) is 0 Å². The van der Waals surface area contributed by atoms with E-state index in [0.29, 0.717) is 30.4 Å². The maximum atomic E-state index is 13.4. The monoisotopic (exact) mass is 330 g/mol. The van der Waals surface area contributed by atoms with Gasteiger partial charge in [0.15, 0.2) is 0 Å². The third-order valence-corrected chi connectivity index (χ3v) is 4.31. The van der Waals surface area contributed by atoms with E-state index in [2.05, 4.69) is 21.2 Å². The van der Waals surface area contributed by atoms with Crippen LogP contribution >= 0.6 is 15.9 Å². The van der Waals surface area contributed by atoms with Gasteiger partial charge in [-0.2, -0.15) is 0 Å². The van der Waals surface area contributed by atoms with Crippen molar-refractivity contribution in [1.82, 2.24) is 5.32 Å². The smallest absolute Gasteiger partial charge is 0.227 e. The predicted octanol–water partition coefficient (Wildman–Crippen LogP) is 2.97. The number of amides is 1. The molecule has 19 heavy (non-hydrogen) atoms. The quantitative estimate of drug-likeness (QED) is 0.842. The number of hydrogen-bond donors (Lipinski definition) is 2. The summed E-state index contributed by atoms with van der Waals surface area (Å²) in [6, 6.07) is 4.81. The molecule has 1 amide bonds. The molecule has 0 spiro atoms. The first-order valence-electron chi connectivity index (χ1n) is 6.41. The molecule has 0 aliphatic heterocycles. The highest BCUT2D eigenvalue weighted by Gasteiger charge is 2.32. The third kappa shape index (κ3) is 3.76. The van der Waals surface area contributed by atoms with Crippen molar-refractivity contribution >= 4 is 21.8 Å². The molecule has 0 aliphatic carbocycles. The summed E-state index contributed by atoms with van der Waals surface area (Å²) in [5, 5.41) is 2.84. The van der Waals surface area contributed by atoms with Gasteiger partial charge in [0.2, 0.25) is 5.91 Å². The lowest BCUT2D eigenvalue weighted by molar-refractivity contribution is -0.131. The highest BCUT2D eigenvalue weighted by molar-refractivity contribution is 9.10. The van der Waals surface area contributed by atoms with Crippen LogP contribution in [0, 0.1) is 11.2 Å². The average molecular weight is 331 g/mol. The molecule has 3 N–H and O–H groups in total. The van der Waals surface area contributed by atoms with E-state index in [1.807, 2.05) is 13.8 Å². The second kappa shape index (κ2) is 7.01. The number of carbonyl (C=O) groups excluding carboxylic acids is 1. The van der Waals surface area contributed by atoms with Crippen LogP contribution in [0.2, 0.25) is 0 Å². The van der Waals surface area contributed by atoms with Crippen LogP contribution in [0.25, 0.3) is 0 Å². The number of carbonyl (C=O) groups is 1. The Morgan fingerprint density at radius 2 is 2.05 bits per heavy atom. The molecule has 3 nitrogen and oxygen atoms in total. The summed E-state index contributed by atoms with van der Waals surface area (Å²) in [5.74, 6) is -0.397. The molecule has 5 heteroatoms. The first-order chi connectivity index (χ1) is 8.99. The van der Waals surface area contributed by atoms with Crippen LogP contribution in [0.15, 0.2) is 22.7 Å². The van der Waals surface area contributed by atoms with Crippen LogP contribution in [-0.2, 0) is 11.3 Å². The highest BCUT2D eigenvalue weighted by atomic mass is 79.9. The number of halogens is 2. The maximum Gasteiger partial charge on any atom is 0.227 e. The molecule has 0 fully saturated rings. The first kappa shape index (κ1) is 16.1. The van der Waals surface area contributed by atoms with Gasteiger partial charge in [-0.3, -0.25) is 4.79 Å². The number of rotatable bonds is 6. The average Bonchev–Trinajstić information content (AvgIpc) is 2.42. The summed E-state index contributed by atoms with van der Waals surface area (Å²) in [5.41, 5.74) is 5.92. The van der Waals surface area contributed by atoms with E-state index in [9.17, 15) is 9.18 Å². The number of nitrogens with one attached hydrogen (secondary N) is 1. The molecular formula is C14H20BrFN2O. The normalized spacial score (nSPS) is 11.4. The van der Waals surface area contributed by atoms with Crippen LogP contribution in [0.1, 0.15) is 32.3 Å². The molecule has 0 heterocycles. The van der Waals surface area contributed by atoms with Gasteiger partial charge in [0.1, 0.15) is 5.82 Å². The van der Waals surface area contributed by atoms with Crippen molar-refractivity contribution in [2.75, 3.05) is 6.54 Å². The Balaban J connectivity index is 2.70. The Labute approximate surface area is 121 Å². The molecule has 0 unspecified atom stereocenters. The number of hydrogen-bond acceptors (Lipinski definition) is 2. The van der Waals surface area contributed by atoms with E-state index < -0.39 is 5.41 Å². The Morgan fingerprint density at radius 1 is 1.42 bits per heavy atom. The van der Waals surface area contributed by atoms with E-state index in [1.54, 1.807) is 12.1 Å². The SMILES string of the molecule is CCC(CC)(CN)C(=O)NCc1ccc(Br)c(F)c1. The molecule has 0 atom stereocenters. The summed E-state index contributed by atoms with van der Waals surface area (Å²) in [4.78, 5) is 12.2. The lowest BCUT2D eigenvalue weighted by Crippen LogP contribution is -2.45. The van der Waals surface area contributed by atoms with E-state index in [1.165, 1.54) is 6.07 Å². The maximum absolute atomic E-state index is 13.4. The molecule has 0 aliphatic rings. The zero-order chi connectivity index (χ0) is 14.5. The zero-order valence-electron chi connectivity index (χ0n) is 11.3. The summed E-state index contributed by atoms with van der Waals surface area (Å²) >= 11 is 3.10. The predicted molar refractivity (Wildman–Crippen MR) is 78.0 cm³/mol. The molecule has 0 aromatic heterocycles. The zero-order valence-corrected chi connectivity index (χ0v) is 12.9. The standard InChI is InChI=1S/C14H20BrFN2O/c1-3-14(4-2,9-17)13(19)18-8-10-5-6-11(15)12(16)7-10/h5-7H,3-4,8-9,17H2,1-2H3,(H,18,19). The van der Waals surface area contributed by atoms with Crippen molar-refractivity contribution in [2.45, 2.75) is 33.2 Å². The summed E-state index contributed by atoms with van der Waals surface area (Å²) in [6.07, 6.45) is 1.39. The lowest BCUT2D eigenvalue weighted by Gasteiger charge is -2.28. The molecule has 106 valence electrons. The minimum absolute atomic E-state index is 0.0664. The summed E-state index contributed by atoms with van der Waals surface area (Å²) < 4.78 is 13.8. The van der Waals surface area contributed by atoms with Crippen LogP contribution in [-0.4, -0.2) is 12.5 Å². The van der Waals surface area contributed by atoms with Crippen molar-refractivity contribution in [3.05, 3.63) is 34.1 Å². The van der Waals surface area contributed by atoms with Crippen molar-refractivity contribution in [3.8, 4) is 0 Å². The Morgan fingerprint density at radius 3 is 2.53 bits per heavy atom. The van der Waals surface area contributed by atoms with Gasteiger partial charge in [-0.25, -0.2) is 4.39 Å².